The maximum absolute atomic E-state index is 16.2. The Hall–Kier alpha value is -4.56. The third-order valence-corrected chi connectivity index (χ3v) is 12.7. The molecule has 0 bridgehead atoms. The summed E-state index contributed by atoms with van der Waals surface area (Å²) >= 11 is 0. The third-order valence-electron chi connectivity index (χ3n) is 12.7. The van der Waals surface area contributed by atoms with E-state index >= 15 is 4.39 Å². The quantitative estimate of drug-likeness (QED) is 0.221. The molecule has 4 aliphatic heterocycles. The van der Waals surface area contributed by atoms with Crippen molar-refractivity contribution in [1.82, 2.24) is 9.80 Å². The highest BCUT2D eigenvalue weighted by atomic mass is 19.1. The van der Waals surface area contributed by atoms with Crippen molar-refractivity contribution in [1.29, 1.82) is 0 Å². The summed E-state index contributed by atoms with van der Waals surface area (Å²) in [6.07, 6.45) is 5.00. The molecule has 8 heteroatoms. The molecule has 1 N–H and O–H groups in total. The van der Waals surface area contributed by atoms with Gasteiger partial charge in [-0.15, -0.1) is 0 Å². The Morgan fingerprint density at radius 1 is 0.980 bits per heavy atom. The number of halogens is 1. The van der Waals surface area contributed by atoms with Crippen LogP contribution in [0.4, 0.5) is 10.1 Å². The Bertz CT molecular complexity index is 1990. The lowest BCUT2D eigenvalue weighted by Crippen LogP contribution is -2.49. The van der Waals surface area contributed by atoms with Crippen molar-refractivity contribution in [3.05, 3.63) is 118 Å². The van der Waals surface area contributed by atoms with Crippen molar-refractivity contribution in [3.8, 4) is 17.2 Å². The molecule has 1 spiro atoms. The van der Waals surface area contributed by atoms with Gasteiger partial charge in [-0.1, -0.05) is 36.4 Å². The van der Waals surface area contributed by atoms with Crippen molar-refractivity contribution in [2.75, 3.05) is 58.4 Å². The number of carbonyl (C=O) groups is 1. The molecule has 4 aromatic rings. The van der Waals surface area contributed by atoms with Gasteiger partial charge in [0.1, 0.15) is 23.1 Å². The zero-order valence-electron chi connectivity index (χ0n) is 29.5. The van der Waals surface area contributed by atoms with E-state index in [4.69, 9.17) is 9.47 Å². The van der Waals surface area contributed by atoms with E-state index in [2.05, 4.69) is 40.1 Å². The number of aryl methyl sites for hydroxylation is 1. The molecule has 1 aliphatic carbocycles. The van der Waals surface area contributed by atoms with Crippen LogP contribution < -0.4 is 14.4 Å². The second kappa shape index (κ2) is 12.6. The van der Waals surface area contributed by atoms with E-state index in [1.54, 1.807) is 24.1 Å². The van der Waals surface area contributed by atoms with Crippen molar-refractivity contribution in [2.24, 2.45) is 5.92 Å². The van der Waals surface area contributed by atoms with E-state index < -0.39 is 0 Å². The largest absolute Gasteiger partial charge is 0.508 e. The van der Waals surface area contributed by atoms with Crippen LogP contribution in [0.3, 0.4) is 0 Å². The Kier molecular flexibility index (Phi) is 7.98. The summed E-state index contributed by atoms with van der Waals surface area (Å²) in [7, 11) is 3.54. The van der Waals surface area contributed by atoms with Crippen molar-refractivity contribution in [2.45, 2.75) is 55.9 Å². The molecule has 5 aliphatic rings. The standard InChI is InChI=1S/C43H46FN3O4/c1-45-25-30-19-36-40(21-34(30)42(45)49)51-26-43(36)13-16-46(17-14-43)15-12-27-23-47(24-27)38-22-39(50-2)35(20-37(38)44)41-32(28-6-4-3-5-7-28)10-8-29-18-31(48)9-11-33(29)41/h3-7,9,11,18-22,27,32,41,48H,8,10,12-17,23-26H2,1-2H3. The molecular formula is C43H46FN3O4. The average molecular weight is 688 g/mol. The highest BCUT2D eigenvalue weighted by Gasteiger charge is 2.45. The van der Waals surface area contributed by atoms with E-state index in [9.17, 15) is 9.90 Å². The number of phenols is 1. The molecule has 2 saturated heterocycles. The summed E-state index contributed by atoms with van der Waals surface area (Å²) < 4.78 is 28.3. The summed E-state index contributed by atoms with van der Waals surface area (Å²) in [6, 6.07) is 24.0. The molecule has 4 aromatic carbocycles. The fraction of sp³-hybridized carbons (Fsp3) is 0.419. The van der Waals surface area contributed by atoms with Crippen LogP contribution >= 0.6 is 0 Å². The SMILES string of the molecule is COc1cc(N2CC(CCN3CCC4(CC3)COc3cc5c(cc34)CN(C)C5=O)C2)c(F)cc1C1c2ccc(O)cc2CCC1c1ccccc1. The number of fused-ring (bicyclic) bond motifs is 4. The first-order valence-corrected chi connectivity index (χ1v) is 18.6. The van der Waals surface area contributed by atoms with E-state index in [1.165, 1.54) is 11.1 Å². The van der Waals surface area contributed by atoms with Gasteiger partial charge < -0.3 is 29.3 Å². The molecule has 0 saturated carbocycles. The van der Waals surface area contributed by atoms with Crippen LogP contribution in [-0.2, 0) is 18.4 Å². The van der Waals surface area contributed by atoms with Gasteiger partial charge in [-0.05, 0) is 116 Å². The van der Waals surface area contributed by atoms with Gasteiger partial charge in [-0.3, -0.25) is 4.79 Å². The summed E-state index contributed by atoms with van der Waals surface area (Å²) in [5.41, 5.74) is 8.22. The lowest BCUT2D eigenvalue weighted by atomic mass is 9.69. The van der Waals surface area contributed by atoms with Crippen LogP contribution in [0.2, 0.25) is 0 Å². The maximum Gasteiger partial charge on any atom is 0.254 e. The monoisotopic (exact) mass is 687 g/mol. The maximum atomic E-state index is 16.2. The number of nitrogens with zero attached hydrogens (tertiary/aromatic N) is 3. The number of likely N-dealkylation sites (tertiary alicyclic amines) is 1. The first kappa shape index (κ1) is 32.4. The minimum Gasteiger partial charge on any atom is -0.508 e. The lowest BCUT2D eigenvalue weighted by molar-refractivity contribution is 0.0816. The molecule has 0 radical (unpaired) electrons. The van der Waals surface area contributed by atoms with Crippen LogP contribution in [0.5, 0.6) is 17.2 Å². The zero-order chi connectivity index (χ0) is 34.9. The zero-order valence-corrected chi connectivity index (χ0v) is 29.5. The minimum atomic E-state index is -0.205. The number of piperidine rings is 1. The van der Waals surface area contributed by atoms with Crippen LogP contribution in [0.25, 0.3) is 0 Å². The summed E-state index contributed by atoms with van der Waals surface area (Å²) in [6.45, 7) is 6.20. The third kappa shape index (κ3) is 5.54. The molecule has 2 unspecified atom stereocenters. The van der Waals surface area contributed by atoms with E-state index in [0.717, 1.165) is 98.4 Å². The molecule has 7 nitrogen and oxygen atoms in total. The second-order valence-electron chi connectivity index (χ2n) is 15.6. The molecule has 2 atom stereocenters. The predicted octanol–water partition coefficient (Wildman–Crippen LogP) is 7.24. The number of hydrogen-bond donors (Lipinski definition) is 1. The van der Waals surface area contributed by atoms with Crippen LogP contribution in [0.1, 0.15) is 81.3 Å². The molecule has 4 heterocycles. The smallest absolute Gasteiger partial charge is 0.254 e. The summed E-state index contributed by atoms with van der Waals surface area (Å²) in [5.74, 6) is 2.38. The van der Waals surface area contributed by atoms with E-state index in [0.29, 0.717) is 30.5 Å². The molecule has 51 heavy (non-hydrogen) atoms. The molecular weight excluding hydrogens is 641 g/mol. The van der Waals surface area contributed by atoms with Crippen LogP contribution in [0.15, 0.2) is 72.8 Å². The number of anilines is 1. The van der Waals surface area contributed by atoms with Gasteiger partial charge in [0.15, 0.2) is 0 Å². The van der Waals surface area contributed by atoms with Crippen molar-refractivity contribution < 1.29 is 23.8 Å². The number of phenolic OH excluding ortho intramolecular Hbond substituents is 1. The van der Waals surface area contributed by atoms with Gasteiger partial charge in [0.25, 0.3) is 5.91 Å². The number of rotatable bonds is 7. The number of benzene rings is 4. The van der Waals surface area contributed by atoms with Crippen LogP contribution in [-0.4, -0.2) is 74.3 Å². The Morgan fingerprint density at radius 2 is 1.78 bits per heavy atom. The average Bonchev–Trinajstić information content (AvgIpc) is 3.61. The Morgan fingerprint density at radius 3 is 2.57 bits per heavy atom. The molecule has 1 amide bonds. The Balaban J connectivity index is 0.854. The molecule has 264 valence electrons. The van der Waals surface area contributed by atoms with Gasteiger partial charge in [-0.2, -0.15) is 0 Å². The fourth-order valence-corrected chi connectivity index (χ4v) is 9.72. The fourth-order valence-electron chi connectivity index (χ4n) is 9.72. The van der Waals surface area contributed by atoms with Gasteiger partial charge in [0, 0.05) is 60.8 Å². The van der Waals surface area contributed by atoms with Crippen molar-refractivity contribution >= 4 is 11.6 Å². The van der Waals surface area contributed by atoms with Gasteiger partial charge in [-0.25, -0.2) is 4.39 Å². The minimum absolute atomic E-state index is 0.0453. The highest BCUT2D eigenvalue weighted by Crippen LogP contribution is 2.51. The molecule has 9 rings (SSSR count). The van der Waals surface area contributed by atoms with Crippen molar-refractivity contribution in [3.63, 3.8) is 0 Å². The Labute approximate surface area is 299 Å². The van der Waals surface area contributed by atoms with E-state index in [1.807, 2.05) is 37.4 Å². The predicted molar refractivity (Wildman–Crippen MR) is 196 cm³/mol. The highest BCUT2D eigenvalue weighted by molar-refractivity contribution is 5.98. The van der Waals surface area contributed by atoms with Gasteiger partial charge in [0.2, 0.25) is 0 Å². The normalized spacial score (nSPS) is 22.4. The molecule has 2 fully saturated rings. The summed E-state index contributed by atoms with van der Waals surface area (Å²) in [5, 5.41) is 10.2. The number of aromatic hydroxyl groups is 1. The number of hydrogen-bond acceptors (Lipinski definition) is 6. The number of ether oxygens (including phenoxy) is 2. The number of amides is 1. The topological polar surface area (TPSA) is 65.5 Å². The first-order valence-electron chi connectivity index (χ1n) is 18.6. The molecule has 0 aromatic heterocycles. The first-order chi connectivity index (χ1) is 24.8. The summed E-state index contributed by atoms with van der Waals surface area (Å²) in [4.78, 5) is 19.0. The van der Waals surface area contributed by atoms with Gasteiger partial charge >= 0.3 is 0 Å². The second-order valence-corrected chi connectivity index (χ2v) is 15.6. The number of methoxy groups -OCH3 is 1. The lowest BCUT2D eigenvalue weighted by Gasteiger charge is -2.43. The van der Waals surface area contributed by atoms with E-state index in [-0.39, 0.29) is 34.7 Å². The van der Waals surface area contributed by atoms with Gasteiger partial charge in [0.05, 0.1) is 19.4 Å². The van der Waals surface area contributed by atoms with Crippen LogP contribution in [0, 0.1) is 11.7 Å². The number of carbonyl (C=O) groups excluding carboxylic acids is 1.